The molecule has 0 bridgehead atoms. The maximum atomic E-state index is 8.13. The third kappa shape index (κ3) is 3.97. The molecule has 14 heavy (non-hydrogen) atoms. The topological polar surface area (TPSA) is 91.7 Å². The lowest BCUT2D eigenvalue weighted by atomic mass is 9.96. The van der Waals surface area contributed by atoms with Gasteiger partial charge in [0.1, 0.15) is 0 Å². The quantitative estimate of drug-likeness (QED) is 0.270. The van der Waals surface area contributed by atoms with Crippen molar-refractivity contribution in [3.63, 3.8) is 0 Å². The minimum absolute atomic E-state index is 0.280. The molecule has 0 aromatic heterocycles. The maximum absolute atomic E-state index is 8.13. The fourth-order valence-electron chi connectivity index (χ4n) is 1.53. The molecule has 80 valence electrons. The fourth-order valence-corrected chi connectivity index (χ4v) is 1.96. The van der Waals surface area contributed by atoms with Gasteiger partial charge in [-0.2, -0.15) is 0 Å². The Hall–Kier alpha value is -0.750. The number of amidine groups is 1. The van der Waals surface area contributed by atoms with Gasteiger partial charge in [0.25, 0.3) is 5.23 Å². The summed E-state index contributed by atoms with van der Waals surface area (Å²) in [7, 11) is 0. The number of nitrogens with one attached hydrogen (secondary N) is 1. The Morgan fingerprint density at radius 2 is 2.07 bits per heavy atom. The summed E-state index contributed by atoms with van der Waals surface area (Å²) < 4.78 is 0. The van der Waals surface area contributed by atoms with E-state index in [0.29, 0.717) is 0 Å². The highest BCUT2D eigenvalue weighted by Crippen LogP contribution is 2.21. The summed E-state index contributed by atoms with van der Waals surface area (Å²) >= 11 is 0.832. The van der Waals surface area contributed by atoms with Gasteiger partial charge in [-0.15, -0.1) is 0 Å². The second-order valence-electron chi connectivity index (χ2n) is 3.24. The molecule has 6 heteroatoms. The lowest BCUT2D eigenvalue weighted by molar-refractivity contribution is -0.151. The summed E-state index contributed by atoms with van der Waals surface area (Å²) in [5.41, 5.74) is 5.56. The second-order valence-corrected chi connectivity index (χ2v) is 4.23. The number of nitrogens with zero attached hydrogens (tertiary/aromatic N) is 1. The molecule has 0 radical (unpaired) electrons. The van der Waals surface area contributed by atoms with Crippen molar-refractivity contribution in [2.45, 2.75) is 38.1 Å². The molecule has 5 nitrogen and oxygen atoms in total. The van der Waals surface area contributed by atoms with Crippen LogP contribution in [-0.4, -0.2) is 21.7 Å². The zero-order valence-corrected chi connectivity index (χ0v) is 8.72. The van der Waals surface area contributed by atoms with E-state index in [4.69, 9.17) is 16.4 Å². The largest absolute Gasteiger partial charge is 0.378 e. The second kappa shape index (κ2) is 5.87. The van der Waals surface area contributed by atoms with E-state index >= 15 is 0 Å². The van der Waals surface area contributed by atoms with E-state index in [-0.39, 0.29) is 16.4 Å². The van der Waals surface area contributed by atoms with Crippen molar-refractivity contribution in [3.05, 3.63) is 0 Å². The van der Waals surface area contributed by atoms with Crippen LogP contribution in [0, 0.1) is 5.41 Å². The summed E-state index contributed by atoms with van der Waals surface area (Å²) in [6.45, 7) is 0. The van der Waals surface area contributed by atoms with E-state index in [1.807, 2.05) is 0 Å². The predicted molar refractivity (Wildman–Crippen MR) is 57.5 cm³/mol. The molecule has 0 saturated heterocycles. The normalized spacial score (nSPS) is 19.4. The SMILES string of the molecule is N=C(OO)SC(N)=NC1CCCCC1. The molecule has 1 aliphatic rings. The molecular formula is C8H15N3O2S. The summed E-state index contributed by atoms with van der Waals surface area (Å²) in [6, 6.07) is 0.280. The number of nitrogens with two attached hydrogens (primary N) is 1. The van der Waals surface area contributed by atoms with Gasteiger partial charge in [-0.05, 0) is 12.8 Å². The molecule has 4 N–H and O–H groups in total. The zero-order valence-electron chi connectivity index (χ0n) is 7.90. The van der Waals surface area contributed by atoms with E-state index in [1.54, 1.807) is 0 Å². The molecule has 0 unspecified atom stereocenters. The fraction of sp³-hybridized carbons (Fsp3) is 0.750. The average molecular weight is 217 g/mol. The molecule has 0 atom stereocenters. The van der Waals surface area contributed by atoms with Gasteiger partial charge in [0.15, 0.2) is 5.17 Å². The Morgan fingerprint density at radius 1 is 1.43 bits per heavy atom. The Bertz CT molecular complexity index is 227. The van der Waals surface area contributed by atoms with Crippen LogP contribution in [0.3, 0.4) is 0 Å². The Balaban J connectivity index is 2.37. The standard InChI is InChI=1S/C8H15N3O2S/c9-7(14-8(10)13-12)11-6-4-2-1-3-5-6/h6,10,12H,1-5H2,(H2,9,11). The van der Waals surface area contributed by atoms with E-state index in [9.17, 15) is 0 Å². The van der Waals surface area contributed by atoms with Crippen molar-refractivity contribution in [1.82, 2.24) is 0 Å². The van der Waals surface area contributed by atoms with Gasteiger partial charge in [0, 0.05) is 11.8 Å². The van der Waals surface area contributed by atoms with Gasteiger partial charge in [-0.25, -0.2) is 5.26 Å². The van der Waals surface area contributed by atoms with E-state index < -0.39 is 0 Å². The molecule has 1 saturated carbocycles. The molecule has 1 aliphatic carbocycles. The van der Waals surface area contributed by atoms with Crippen molar-refractivity contribution < 1.29 is 10.1 Å². The van der Waals surface area contributed by atoms with Crippen molar-refractivity contribution >= 4 is 22.2 Å². The van der Waals surface area contributed by atoms with Crippen LogP contribution in [0.2, 0.25) is 0 Å². The van der Waals surface area contributed by atoms with Crippen molar-refractivity contribution in [2.75, 3.05) is 0 Å². The number of rotatable bonds is 1. The van der Waals surface area contributed by atoms with Gasteiger partial charge >= 0.3 is 0 Å². The highest BCUT2D eigenvalue weighted by Gasteiger charge is 2.13. The van der Waals surface area contributed by atoms with E-state index in [2.05, 4.69) is 9.88 Å². The first kappa shape index (κ1) is 11.3. The molecule has 0 aromatic carbocycles. The van der Waals surface area contributed by atoms with Gasteiger partial charge in [0.05, 0.1) is 6.04 Å². The summed E-state index contributed by atoms with van der Waals surface area (Å²) in [5, 5.41) is 15.1. The Labute approximate surface area is 87.2 Å². The van der Waals surface area contributed by atoms with Crippen LogP contribution in [0.15, 0.2) is 4.99 Å². The lowest BCUT2D eigenvalue weighted by Crippen LogP contribution is -2.17. The molecule has 1 fully saturated rings. The van der Waals surface area contributed by atoms with E-state index in [1.165, 1.54) is 19.3 Å². The van der Waals surface area contributed by atoms with Crippen molar-refractivity contribution in [1.29, 1.82) is 5.41 Å². The monoisotopic (exact) mass is 217 g/mol. The molecule has 1 rings (SSSR count). The summed E-state index contributed by atoms with van der Waals surface area (Å²) in [6.07, 6.45) is 5.79. The van der Waals surface area contributed by atoms with Crippen molar-refractivity contribution in [3.8, 4) is 0 Å². The molecule has 0 spiro atoms. The first-order chi connectivity index (χ1) is 6.72. The number of hydrogen-bond acceptors (Lipinski definition) is 5. The van der Waals surface area contributed by atoms with Gasteiger partial charge in [-0.1, -0.05) is 19.3 Å². The van der Waals surface area contributed by atoms with Gasteiger partial charge in [-0.3, -0.25) is 10.4 Å². The molecule has 0 heterocycles. The number of thioether (sulfide) groups is 1. The smallest absolute Gasteiger partial charge is 0.291 e. The molecule has 0 aliphatic heterocycles. The molecule has 0 aromatic rings. The Morgan fingerprint density at radius 3 is 2.64 bits per heavy atom. The third-order valence-electron chi connectivity index (χ3n) is 2.16. The first-order valence-electron chi connectivity index (χ1n) is 4.63. The van der Waals surface area contributed by atoms with Crippen LogP contribution < -0.4 is 5.73 Å². The van der Waals surface area contributed by atoms with Gasteiger partial charge < -0.3 is 10.6 Å². The van der Waals surface area contributed by atoms with Crippen molar-refractivity contribution in [2.24, 2.45) is 10.7 Å². The average Bonchev–Trinajstić information content (AvgIpc) is 2.19. The highest BCUT2D eigenvalue weighted by molar-refractivity contribution is 8.26. The van der Waals surface area contributed by atoms with Crippen LogP contribution in [-0.2, 0) is 4.89 Å². The molecule has 0 amide bonds. The van der Waals surface area contributed by atoms with Gasteiger partial charge in [0.2, 0.25) is 0 Å². The zero-order chi connectivity index (χ0) is 10.4. The lowest BCUT2D eigenvalue weighted by Gasteiger charge is -2.17. The minimum Gasteiger partial charge on any atom is -0.378 e. The van der Waals surface area contributed by atoms with Crippen LogP contribution in [0.25, 0.3) is 0 Å². The third-order valence-corrected chi connectivity index (χ3v) is 2.74. The summed E-state index contributed by atoms with van der Waals surface area (Å²) in [5.74, 6) is 0. The van der Waals surface area contributed by atoms with E-state index in [0.717, 1.165) is 24.6 Å². The number of hydrogen-bond donors (Lipinski definition) is 3. The molecular weight excluding hydrogens is 202 g/mol. The van der Waals surface area contributed by atoms with Crippen LogP contribution in [0.1, 0.15) is 32.1 Å². The maximum Gasteiger partial charge on any atom is 0.291 e. The summed E-state index contributed by atoms with van der Waals surface area (Å²) in [4.78, 5) is 7.94. The van der Waals surface area contributed by atoms with Crippen LogP contribution in [0.5, 0.6) is 0 Å². The van der Waals surface area contributed by atoms with Crippen LogP contribution in [0.4, 0.5) is 0 Å². The van der Waals surface area contributed by atoms with Crippen LogP contribution >= 0.6 is 11.8 Å². The Kier molecular flexibility index (Phi) is 4.75. The first-order valence-corrected chi connectivity index (χ1v) is 5.45. The number of aliphatic imine (C=N–C) groups is 1. The predicted octanol–water partition coefficient (Wildman–Crippen LogP) is 1.79. The highest BCUT2D eigenvalue weighted by atomic mass is 32.2. The minimum atomic E-state index is -0.345.